The van der Waals surface area contributed by atoms with E-state index in [4.69, 9.17) is 4.74 Å². The van der Waals surface area contributed by atoms with Crippen molar-refractivity contribution in [2.24, 2.45) is 0 Å². The van der Waals surface area contributed by atoms with Crippen molar-refractivity contribution in [3.8, 4) is 0 Å². The number of ether oxygens (including phenoxy) is 1. The third-order valence-electron chi connectivity index (χ3n) is 4.22. The highest BCUT2D eigenvalue weighted by Crippen LogP contribution is 2.43. The van der Waals surface area contributed by atoms with Gasteiger partial charge in [-0.3, -0.25) is 0 Å². The summed E-state index contributed by atoms with van der Waals surface area (Å²) in [5, 5.41) is 2.90. The van der Waals surface area contributed by atoms with Crippen LogP contribution < -0.4 is 5.32 Å². The molecule has 1 aliphatic rings. The Balaban J connectivity index is 1.92. The summed E-state index contributed by atoms with van der Waals surface area (Å²) in [6, 6.07) is 10.7. The van der Waals surface area contributed by atoms with Gasteiger partial charge < -0.3 is 10.1 Å². The van der Waals surface area contributed by atoms with Crippen molar-refractivity contribution in [3.05, 3.63) is 35.9 Å². The van der Waals surface area contributed by atoms with Crippen LogP contribution in [0.15, 0.2) is 30.3 Å². The largest absolute Gasteiger partial charge is 0.444 e. The van der Waals surface area contributed by atoms with Crippen LogP contribution in [0.4, 0.5) is 4.79 Å². The minimum Gasteiger partial charge on any atom is -0.444 e. The molecule has 0 spiro atoms. The summed E-state index contributed by atoms with van der Waals surface area (Å²) < 4.78 is 5.29. The van der Waals surface area contributed by atoms with Crippen molar-refractivity contribution in [1.82, 2.24) is 5.32 Å². The second kappa shape index (κ2) is 6.50. The van der Waals surface area contributed by atoms with Gasteiger partial charge in [0.15, 0.2) is 0 Å². The van der Waals surface area contributed by atoms with Crippen LogP contribution in [0.25, 0.3) is 0 Å². The fourth-order valence-electron chi connectivity index (χ4n) is 3.24. The molecule has 0 aliphatic heterocycles. The van der Waals surface area contributed by atoms with Crippen molar-refractivity contribution in [3.63, 3.8) is 0 Å². The predicted molar refractivity (Wildman–Crippen MR) is 85.4 cm³/mol. The molecule has 1 aliphatic carbocycles. The second-order valence-electron chi connectivity index (χ2n) is 7.03. The van der Waals surface area contributed by atoms with Crippen molar-refractivity contribution >= 4 is 6.09 Å². The number of carbonyl (C=O) groups is 1. The highest BCUT2D eigenvalue weighted by Gasteiger charge is 2.35. The number of nitrogens with one attached hydrogen (secondary N) is 1. The van der Waals surface area contributed by atoms with Crippen LogP contribution in [-0.4, -0.2) is 18.2 Å². The van der Waals surface area contributed by atoms with E-state index in [1.807, 2.05) is 20.8 Å². The van der Waals surface area contributed by atoms with Gasteiger partial charge in [-0.05, 0) is 51.0 Å². The number of hydrogen-bond acceptors (Lipinski definition) is 2. The first-order valence-electron chi connectivity index (χ1n) is 7.94. The molecule has 1 fully saturated rings. The van der Waals surface area contributed by atoms with Gasteiger partial charge in [-0.25, -0.2) is 4.79 Å². The van der Waals surface area contributed by atoms with Crippen LogP contribution in [0, 0.1) is 0 Å². The van der Waals surface area contributed by atoms with E-state index in [-0.39, 0.29) is 11.5 Å². The maximum atomic E-state index is 11.7. The maximum absolute atomic E-state index is 11.7. The molecule has 1 aromatic rings. The summed E-state index contributed by atoms with van der Waals surface area (Å²) in [4.78, 5) is 11.7. The predicted octanol–water partition coefficient (Wildman–Crippen LogP) is 4.41. The fraction of sp³-hybridized carbons (Fsp3) is 0.611. The SMILES string of the molecule is CC(C)(C)OC(=O)NCCC1(c2ccccc2)CCCC1. The molecule has 0 heterocycles. The first kappa shape index (κ1) is 15.9. The monoisotopic (exact) mass is 289 g/mol. The zero-order chi connectivity index (χ0) is 15.3. The van der Waals surface area contributed by atoms with E-state index >= 15 is 0 Å². The molecule has 3 nitrogen and oxygen atoms in total. The number of amides is 1. The van der Waals surface area contributed by atoms with Crippen molar-refractivity contribution in [2.75, 3.05) is 6.54 Å². The molecule has 3 heteroatoms. The molecule has 0 bridgehead atoms. The van der Waals surface area contributed by atoms with Gasteiger partial charge in [-0.15, -0.1) is 0 Å². The van der Waals surface area contributed by atoms with Crippen LogP contribution in [0.5, 0.6) is 0 Å². The van der Waals surface area contributed by atoms with Crippen LogP contribution in [-0.2, 0) is 10.2 Å². The molecule has 0 unspecified atom stereocenters. The number of alkyl carbamates (subject to hydrolysis) is 1. The van der Waals surface area contributed by atoms with Gasteiger partial charge >= 0.3 is 6.09 Å². The maximum Gasteiger partial charge on any atom is 0.407 e. The van der Waals surface area contributed by atoms with Crippen LogP contribution in [0.2, 0.25) is 0 Å². The van der Waals surface area contributed by atoms with E-state index in [1.165, 1.54) is 31.2 Å². The average molecular weight is 289 g/mol. The molecule has 1 amide bonds. The lowest BCUT2D eigenvalue weighted by Gasteiger charge is -2.30. The number of hydrogen-bond donors (Lipinski definition) is 1. The van der Waals surface area contributed by atoms with E-state index in [9.17, 15) is 4.79 Å². The summed E-state index contributed by atoms with van der Waals surface area (Å²) in [5.74, 6) is 0. The third kappa shape index (κ3) is 4.48. The summed E-state index contributed by atoms with van der Waals surface area (Å²) >= 11 is 0. The molecule has 116 valence electrons. The van der Waals surface area contributed by atoms with E-state index < -0.39 is 5.60 Å². The molecule has 0 aromatic heterocycles. The Morgan fingerprint density at radius 3 is 2.38 bits per heavy atom. The van der Waals surface area contributed by atoms with Gasteiger partial charge in [0.2, 0.25) is 0 Å². The lowest BCUT2D eigenvalue weighted by atomic mass is 9.76. The Hall–Kier alpha value is -1.51. The van der Waals surface area contributed by atoms with E-state index in [0.717, 1.165) is 6.42 Å². The Morgan fingerprint density at radius 2 is 1.81 bits per heavy atom. The van der Waals surface area contributed by atoms with Gasteiger partial charge in [-0.1, -0.05) is 43.2 Å². The first-order chi connectivity index (χ1) is 9.91. The Kier molecular flexibility index (Phi) is 4.92. The van der Waals surface area contributed by atoms with Crippen molar-refractivity contribution < 1.29 is 9.53 Å². The molecule has 21 heavy (non-hydrogen) atoms. The minimum atomic E-state index is -0.436. The summed E-state index contributed by atoms with van der Waals surface area (Å²) in [6.45, 7) is 6.32. The molecule has 0 saturated heterocycles. The van der Waals surface area contributed by atoms with Gasteiger partial charge in [0.05, 0.1) is 0 Å². The smallest absolute Gasteiger partial charge is 0.407 e. The number of rotatable bonds is 4. The molecular formula is C18H27NO2. The van der Waals surface area contributed by atoms with E-state index in [1.54, 1.807) is 0 Å². The fourth-order valence-corrected chi connectivity index (χ4v) is 3.24. The second-order valence-corrected chi connectivity index (χ2v) is 7.03. The van der Waals surface area contributed by atoms with E-state index in [0.29, 0.717) is 6.54 Å². The molecule has 1 saturated carbocycles. The highest BCUT2D eigenvalue weighted by molar-refractivity contribution is 5.67. The Labute approximate surface area is 128 Å². The van der Waals surface area contributed by atoms with Gasteiger partial charge in [0.25, 0.3) is 0 Å². The Morgan fingerprint density at radius 1 is 1.19 bits per heavy atom. The van der Waals surface area contributed by atoms with Gasteiger partial charge in [0, 0.05) is 6.54 Å². The average Bonchev–Trinajstić information content (AvgIpc) is 2.88. The third-order valence-corrected chi connectivity index (χ3v) is 4.22. The zero-order valence-electron chi connectivity index (χ0n) is 13.4. The quantitative estimate of drug-likeness (QED) is 0.891. The Bertz CT molecular complexity index is 456. The molecule has 2 rings (SSSR count). The van der Waals surface area contributed by atoms with Crippen molar-refractivity contribution in [2.45, 2.75) is 63.9 Å². The summed E-state index contributed by atoms with van der Waals surface area (Å²) in [5.41, 5.74) is 1.21. The van der Waals surface area contributed by atoms with Crippen LogP contribution in [0.3, 0.4) is 0 Å². The topological polar surface area (TPSA) is 38.3 Å². The number of benzene rings is 1. The van der Waals surface area contributed by atoms with Crippen molar-refractivity contribution in [1.29, 1.82) is 0 Å². The summed E-state index contributed by atoms with van der Waals surface area (Å²) in [7, 11) is 0. The molecule has 0 atom stereocenters. The highest BCUT2D eigenvalue weighted by atomic mass is 16.6. The zero-order valence-corrected chi connectivity index (χ0v) is 13.4. The number of carbonyl (C=O) groups excluding carboxylic acids is 1. The van der Waals surface area contributed by atoms with Gasteiger partial charge in [0.1, 0.15) is 5.60 Å². The van der Waals surface area contributed by atoms with Gasteiger partial charge in [-0.2, -0.15) is 0 Å². The minimum absolute atomic E-state index is 0.232. The lowest BCUT2D eigenvalue weighted by Crippen LogP contribution is -2.35. The normalized spacial score (nSPS) is 17.5. The van der Waals surface area contributed by atoms with Crippen LogP contribution in [0.1, 0.15) is 58.4 Å². The van der Waals surface area contributed by atoms with E-state index in [2.05, 4.69) is 35.6 Å². The standard InChI is InChI=1S/C18H27NO2/c1-17(2,3)21-16(20)19-14-13-18(11-7-8-12-18)15-9-5-4-6-10-15/h4-6,9-10H,7-8,11-14H2,1-3H3,(H,19,20). The molecular weight excluding hydrogens is 262 g/mol. The molecule has 0 radical (unpaired) electrons. The molecule has 1 aromatic carbocycles. The first-order valence-corrected chi connectivity index (χ1v) is 7.94. The van der Waals surface area contributed by atoms with Crippen LogP contribution >= 0.6 is 0 Å². The molecule has 1 N–H and O–H groups in total. The lowest BCUT2D eigenvalue weighted by molar-refractivity contribution is 0.0524. The summed E-state index contributed by atoms with van der Waals surface area (Å²) in [6.07, 6.45) is 5.66.